The molecule has 3 aromatic rings. The number of carbonyl (C=O) groups excluding carboxylic acids is 2. The average molecular weight is 571 g/mol. The lowest BCUT2D eigenvalue weighted by molar-refractivity contribution is -0.153. The topological polar surface area (TPSA) is 91.1 Å². The third-order valence-corrected chi connectivity index (χ3v) is 8.21. The highest BCUT2D eigenvalue weighted by atomic mass is 35.5. The number of hydrogen-bond donors (Lipinski definition) is 1. The predicted molar refractivity (Wildman–Crippen MR) is 156 cm³/mol. The summed E-state index contributed by atoms with van der Waals surface area (Å²) in [7, 11) is 1.56. The summed E-state index contributed by atoms with van der Waals surface area (Å²) < 4.78 is 17.3. The zero-order valence-electron chi connectivity index (χ0n) is 22.7. The Morgan fingerprint density at radius 1 is 1.13 bits per heavy atom. The molecule has 208 valence electrons. The van der Waals surface area contributed by atoms with Crippen molar-refractivity contribution in [2.24, 2.45) is 11.7 Å². The van der Waals surface area contributed by atoms with Gasteiger partial charge < -0.3 is 24.8 Å². The molecule has 1 aliphatic heterocycles. The van der Waals surface area contributed by atoms with Crippen molar-refractivity contribution in [3.8, 4) is 21.9 Å². The molecule has 2 aromatic carbocycles. The van der Waals surface area contributed by atoms with Gasteiger partial charge in [0.1, 0.15) is 18.8 Å². The zero-order chi connectivity index (χ0) is 28.1. The molecule has 2 heterocycles. The van der Waals surface area contributed by atoms with Crippen LogP contribution in [0.3, 0.4) is 0 Å². The number of benzene rings is 2. The SMILES string of the molecule is CCCC[C@H](COc1ccc(N2Cc3cc(-c4ccc(Cl)cc4)sc3C2=O)cc1OC)OC(=O)[C@@H](N)C(C)C. The van der Waals surface area contributed by atoms with Crippen molar-refractivity contribution in [2.45, 2.75) is 58.7 Å². The maximum absolute atomic E-state index is 13.3. The van der Waals surface area contributed by atoms with Crippen molar-refractivity contribution < 1.29 is 23.8 Å². The molecule has 0 saturated heterocycles. The molecule has 0 spiro atoms. The van der Waals surface area contributed by atoms with Crippen molar-refractivity contribution in [3.63, 3.8) is 0 Å². The maximum Gasteiger partial charge on any atom is 0.323 e. The van der Waals surface area contributed by atoms with Crippen LogP contribution in [-0.2, 0) is 16.1 Å². The molecule has 0 bridgehead atoms. The zero-order valence-corrected chi connectivity index (χ0v) is 24.3. The van der Waals surface area contributed by atoms with Gasteiger partial charge in [0.2, 0.25) is 0 Å². The van der Waals surface area contributed by atoms with Gasteiger partial charge in [0.15, 0.2) is 11.5 Å². The number of rotatable bonds is 12. The number of fused-ring (bicyclic) bond motifs is 1. The normalized spacial score (nSPS) is 14.3. The number of halogens is 1. The van der Waals surface area contributed by atoms with E-state index in [1.54, 1.807) is 24.1 Å². The Hall–Kier alpha value is -3.07. The van der Waals surface area contributed by atoms with E-state index >= 15 is 0 Å². The van der Waals surface area contributed by atoms with E-state index in [9.17, 15) is 9.59 Å². The van der Waals surface area contributed by atoms with E-state index in [1.807, 2.05) is 44.2 Å². The fourth-order valence-corrected chi connectivity index (χ4v) is 5.56. The van der Waals surface area contributed by atoms with E-state index in [0.29, 0.717) is 29.5 Å². The lowest BCUT2D eigenvalue weighted by atomic mass is 10.1. The summed E-state index contributed by atoms with van der Waals surface area (Å²) in [6.45, 7) is 6.52. The lowest BCUT2D eigenvalue weighted by Crippen LogP contribution is -2.40. The molecule has 0 saturated carbocycles. The summed E-state index contributed by atoms with van der Waals surface area (Å²) in [5.74, 6) is 0.533. The number of methoxy groups -OCH3 is 1. The number of unbranched alkanes of at least 4 members (excludes halogenated alkanes) is 1. The van der Waals surface area contributed by atoms with Crippen LogP contribution in [0.5, 0.6) is 11.5 Å². The molecular weight excluding hydrogens is 536 g/mol. The number of carbonyl (C=O) groups is 2. The first kappa shape index (κ1) is 28.9. The second-order valence-corrected chi connectivity index (χ2v) is 11.5. The number of esters is 1. The number of nitrogens with zero attached hydrogens (tertiary/aromatic N) is 1. The minimum Gasteiger partial charge on any atom is -0.493 e. The highest BCUT2D eigenvalue weighted by Crippen LogP contribution is 2.40. The van der Waals surface area contributed by atoms with Crippen molar-refractivity contribution in [1.82, 2.24) is 0 Å². The van der Waals surface area contributed by atoms with Gasteiger partial charge in [0, 0.05) is 21.7 Å². The van der Waals surface area contributed by atoms with Crippen LogP contribution in [0.1, 0.15) is 55.3 Å². The molecule has 0 radical (unpaired) electrons. The molecule has 7 nitrogen and oxygen atoms in total. The maximum atomic E-state index is 13.3. The van der Waals surface area contributed by atoms with Crippen LogP contribution in [0.2, 0.25) is 5.02 Å². The minimum atomic E-state index is -0.675. The van der Waals surface area contributed by atoms with Crippen LogP contribution in [-0.4, -0.2) is 37.7 Å². The van der Waals surface area contributed by atoms with Crippen molar-refractivity contribution in [1.29, 1.82) is 0 Å². The predicted octanol–water partition coefficient (Wildman–Crippen LogP) is 6.70. The summed E-state index contributed by atoms with van der Waals surface area (Å²) in [5, 5.41) is 0.680. The van der Waals surface area contributed by atoms with Crippen LogP contribution >= 0.6 is 22.9 Å². The van der Waals surface area contributed by atoms with Gasteiger partial charge in [0.05, 0.1) is 18.5 Å². The molecule has 39 heavy (non-hydrogen) atoms. The second-order valence-electron chi connectivity index (χ2n) is 9.98. The fourth-order valence-electron chi connectivity index (χ4n) is 4.31. The van der Waals surface area contributed by atoms with Gasteiger partial charge in [0.25, 0.3) is 5.91 Å². The second kappa shape index (κ2) is 12.9. The first-order valence-electron chi connectivity index (χ1n) is 13.2. The van der Waals surface area contributed by atoms with Gasteiger partial charge in [-0.05, 0) is 60.2 Å². The van der Waals surface area contributed by atoms with Crippen molar-refractivity contribution >= 4 is 40.5 Å². The van der Waals surface area contributed by atoms with Gasteiger partial charge >= 0.3 is 5.97 Å². The molecule has 1 aliphatic rings. The molecule has 4 rings (SSSR count). The number of amides is 1. The Balaban J connectivity index is 1.44. The Morgan fingerprint density at radius 3 is 2.51 bits per heavy atom. The van der Waals surface area contributed by atoms with Crippen molar-refractivity contribution in [3.05, 3.63) is 64.0 Å². The van der Waals surface area contributed by atoms with Gasteiger partial charge in [-0.25, -0.2) is 0 Å². The van der Waals surface area contributed by atoms with Gasteiger partial charge in [-0.1, -0.05) is 50.9 Å². The third-order valence-electron chi connectivity index (χ3n) is 6.74. The smallest absolute Gasteiger partial charge is 0.323 e. The summed E-state index contributed by atoms with van der Waals surface area (Å²) in [6, 6.07) is 14.4. The Morgan fingerprint density at radius 2 is 1.87 bits per heavy atom. The number of thiophene rings is 1. The first-order valence-corrected chi connectivity index (χ1v) is 14.4. The van der Waals surface area contributed by atoms with Gasteiger partial charge in [-0.15, -0.1) is 11.3 Å². The molecular formula is C30H35ClN2O5S. The third kappa shape index (κ3) is 6.75. The summed E-state index contributed by atoms with van der Waals surface area (Å²) >= 11 is 7.50. The van der Waals surface area contributed by atoms with Gasteiger partial charge in [-0.3, -0.25) is 9.59 Å². The Labute approximate surface area is 238 Å². The van der Waals surface area contributed by atoms with Gasteiger partial charge in [-0.2, -0.15) is 0 Å². The standard InChI is InChI=1S/C30H35ClN2O5S/c1-5-6-7-23(38-30(35)27(32)18(2)3)17-37-24-13-12-22(15-25(24)36-4)33-16-20-14-26(39-28(20)29(33)34)19-8-10-21(31)11-9-19/h8-15,18,23,27H,5-7,16-17,32H2,1-4H3/t23-,27+/m1/s1. The number of ether oxygens (including phenoxy) is 3. The molecule has 0 unspecified atom stereocenters. The highest BCUT2D eigenvalue weighted by Gasteiger charge is 2.32. The van der Waals surface area contributed by atoms with E-state index in [1.165, 1.54) is 11.3 Å². The monoisotopic (exact) mass is 570 g/mol. The lowest BCUT2D eigenvalue weighted by Gasteiger charge is -2.23. The van der Waals surface area contributed by atoms with Crippen LogP contribution in [0, 0.1) is 5.92 Å². The quantitative estimate of drug-likeness (QED) is 0.244. The average Bonchev–Trinajstić information content (AvgIpc) is 3.49. The fraction of sp³-hybridized carbons (Fsp3) is 0.400. The summed E-state index contributed by atoms with van der Waals surface area (Å²) in [4.78, 5) is 29.2. The number of nitrogens with two attached hydrogens (primary N) is 1. The molecule has 0 fully saturated rings. The van der Waals surface area contributed by atoms with E-state index in [0.717, 1.165) is 39.4 Å². The molecule has 2 N–H and O–H groups in total. The van der Waals surface area contributed by atoms with Crippen LogP contribution in [0.4, 0.5) is 5.69 Å². The first-order chi connectivity index (χ1) is 18.7. The van der Waals surface area contributed by atoms with Crippen LogP contribution in [0.15, 0.2) is 48.5 Å². The van der Waals surface area contributed by atoms with Crippen LogP contribution < -0.4 is 20.1 Å². The Bertz CT molecular complexity index is 1310. The number of anilines is 1. The number of hydrogen-bond acceptors (Lipinski definition) is 7. The van der Waals surface area contributed by atoms with E-state index in [-0.39, 0.29) is 18.4 Å². The Kier molecular flexibility index (Phi) is 9.53. The minimum absolute atomic E-state index is 0.0139. The molecule has 9 heteroatoms. The molecule has 1 amide bonds. The molecule has 1 aromatic heterocycles. The highest BCUT2D eigenvalue weighted by molar-refractivity contribution is 7.17. The summed E-state index contributed by atoms with van der Waals surface area (Å²) in [6.07, 6.45) is 2.13. The van der Waals surface area contributed by atoms with E-state index in [2.05, 4.69) is 13.0 Å². The van der Waals surface area contributed by atoms with Crippen LogP contribution in [0.25, 0.3) is 10.4 Å². The largest absolute Gasteiger partial charge is 0.493 e. The van der Waals surface area contributed by atoms with E-state index < -0.39 is 18.1 Å². The molecule has 2 atom stereocenters. The van der Waals surface area contributed by atoms with E-state index in [4.69, 9.17) is 31.5 Å². The molecule has 0 aliphatic carbocycles. The van der Waals surface area contributed by atoms with Crippen molar-refractivity contribution in [2.75, 3.05) is 18.6 Å². The summed E-state index contributed by atoms with van der Waals surface area (Å²) in [5.41, 5.74) is 8.73.